The number of piperidine rings is 1. The third-order valence-corrected chi connectivity index (χ3v) is 5.73. The Bertz CT molecular complexity index is 845. The average Bonchev–Trinajstić information content (AvgIpc) is 2.70. The van der Waals surface area contributed by atoms with Gasteiger partial charge in [0, 0.05) is 25.5 Å². The molecule has 6 nitrogen and oxygen atoms in total. The predicted molar refractivity (Wildman–Crippen MR) is 105 cm³/mol. The molecule has 148 valence electrons. The molecule has 2 atom stereocenters. The normalized spacial score (nSPS) is 22.1. The number of carbonyl (C=O) groups excluding carboxylic acids is 1. The Morgan fingerprint density at radius 2 is 2.00 bits per heavy atom. The van der Waals surface area contributed by atoms with Gasteiger partial charge in [0.15, 0.2) is 0 Å². The number of hydrogen-bond acceptors (Lipinski definition) is 4. The third kappa shape index (κ3) is 4.18. The van der Waals surface area contributed by atoms with Crippen LogP contribution >= 0.6 is 11.6 Å². The molecular formula is C21H23ClN2O4. The van der Waals surface area contributed by atoms with Gasteiger partial charge < -0.3 is 15.1 Å². The van der Waals surface area contributed by atoms with Crippen LogP contribution in [0.2, 0.25) is 5.02 Å². The van der Waals surface area contributed by atoms with Gasteiger partial charge in [-0.05, 0) is 37.3 Å². The van der Waals surface area contributed by atoms with Gasteiger partial charge in [0.05, 0.1) is 16.7 Å². The van der Waals surface area contributed by atoms with Gasteiger partial charge in [-0.15, -0.1) is 0 Å². The SMILES string of the molecule is O=C(c1ccncc1Cl)N1CC[C@@H](O)[C@](CCCc2ccccc2)(C(=O)O)C1. The summed E-state index contributed by atoms with van der Waals surface area (Å²) in [6.07, 6.45) is 3.68. The van der Waals surface area contributed by atoms with Crippen molar-refractivity contribution in [3.63, 3.8) is 0 Å². The van der Waals surface area contributed by atoms with Crippen LogP contribution in [0, 0.1) is 5.41 Å². The third-order valence-electron chi connectivity index (χ3n) is 5.43. The van der Waals surface area contributed by atoms with Gasteiger partial charge in [-0.1, -0.05) is 41.9 Å². The second-order valence-corrected chi connectivity index (χ2v) is 7.59. The Kier molecular flexibility index (Phi) is 6.31. The van der Waals surface area contributed by atoms with E-state index in [2.05, 4.69) is 4.98 Å². The van der Waals surface area contributed by atoms with Gasteiger partial charge in [0.1, 0.15) is 5.41 Å². The van der Waals surface area contributed by atoms with E-state index in [1.54, 1.807) is 0 Å². The molecule has 1 aliphatic rings. The molecule has 1 amide bonds. The number of nitrogens with zero attached hydrogens (tertiary/aromatic N) is 2. The van der Waals surface area contributed by atoms with Crippen molar-refractivity contribution in [1.29, 1.82) is 0 Å². The Morgan fingerprint density at radius 1 is 1.25 bits per heavy atom. The number of aliphatic hydroxyl groups excluding tert-OH is 1. The average molecular weight is 403 g/mol. The van der Waals surface area contributed by atoms with Crippen molar-refractivity contribution in [3.05, 3.63) is 64.9 Å². The van der Waals surface area contributed by atoms with Gasteiger partial charge in [-0.2, -0.15) is 0 Å². The highest BCUT2D eigenvalue weighted by Gasteiger charge is 2.49. The topological polar surface area (TPSA) is 90.7 Å². The van der Waals surface area contributed by atoms with Crippen LogP contribution in [0.5, 0.6) is 0 Å². The van der Waals surface area contributed by atoms with Crippen molar-refractivity contribution in [2.24, 2.45) is 5.41 Å². The molecule has 0 aliphatic carbocycles. The van der Waals surface area contributed by atoms with E-state index in [4.69, 9.17) is 11.6 Å². The quantitative estimate of drug-likeness (QED) is 0.775. The van der Waals surface area contributed by atoms with Crippen molar-refractivity contribution < 1.29 is 19.8 Å². The monoisotopic (exact) mass is 402 g/mol. The number of aliphatic hydroxyl groups is 1. The lowest BCUT2D eigenvalue weighted by Gasteiger charge is -2.43. The number of benzene rings is 1. The maximum Gasteiger partial charge on any atom is 0.314 e. The lowest BCUT2D eigenvalue weighted by atomic mass is 9.73. The number of aryl methyl sites for hydroxylation is 1. The van der Waals surface area contributed by atoms with Crippen LogP contribution in [-0.4, -0.2) is 51.2 Å². The van der Waals surface area contributed by atoms with E-state index >= 15 is 0 Å². The summed E-state index contributed by atoms with van der Waals surface area (Å²) in [4.78, 5) is 30.4. The highest BCUT2D eigenvalue weighted by atomic mass is 35.5. The number of amides is 1. The van der Waals surface area contributed by atoms with Crippen LogP contribution in [-0.2, 0) is 11.2 Å². The van der Waals surface area contributed by atoms with Gasteiger partial charge in [-0.3, -0.25) is 14.6 Å². The molecule has 7 heteroatoms. The number of halogens is 1. The maximum absolute atomic E-state index is 12.9. The number of carboxylic acids is 1. The molecule has 2 heterocycles. The largest absolute Gasteiger partial charge is 0.481 e. The fourth-order valence-corrected chi connectivity index (χ4v) is 3.99. The molecule has 0 radical (unpaired) electrons. The minimum Gasteiger partial charge on any atom is -0.481 e. The highest BCUT2D eigenvalue weighted by molar-refractivity contribution is 6.33. The summed E-state index contributed by atoms with van der Waals surface area (Å²) in [5.41, 5.74) is 0.0174. The van der Waals surface area contributed by atoms with Gasteiger partial charge in [-0.25, -0.2) is 0 Å². The summed E-state index contributed by atoms with van der Waals surface area (Å²) in [5.74, 6) is -1.42. The molecule has 28 heavy (non-hydrogen) atoms. The standard InChI is InChI=1S/C21H23ClN2O4/c22-17-13-23-11-8-16(17)19(26)24-12-9-18(25)21(14-24,20(27)28)10-4-7-15-5-2-1-3-6-15/h1-3,5-6,8,11,13,18,25H,4,7,9-10,12,14H2,(H,27,28)/t18-,21-/m1/s1. The summed E-state index contributed by atoms with van der Waals surface area (Å²) in [6, 6.07) is 11.3. The number of rotatable bonds is 6. The summed E-state index contributed by atoms with van der Waals surface area (Å²) in [7, 11) is 0. The number of aromatic nitrogens is 1. The second kappa shape index (κ2) is 8.71. The minimum absolute atomic E-state index is 0.0459. The van der Waals surface area contributed by atoms with Crippen LogP contribution in [0.3, 0.4) is 0 Å². The molecule has 0 saturated carbocycles. The summed E-state index contributed by atoms with van der Waals surface area (Å²) in [6.45, 7) is 0.238. The lowest BCUT2D eigenvalue weighted by molar-refractivity contribution is -0.162. The molecule has 1 aromatic heterocycles. The summed E-state index contributed by atoms with van der Waals surface area (Å²) in [5, 5.41) is 20.7. The van der Waals surface area contributed by atoms with E-state index < -0.39 is 17.5 Å². The van der Waals surface area contributed by atoms with E-state index in [-0.39, 0.29) is 42.4 Å². The van der Waals surface area contributed by atoms with Crippen molar-refractivity contribution in [2.75, 3.05) is 13.1 Å². The zero-order chi connectivity index (χ0) is 20.1. The first-order valence-electron chi connectivity index (χ1n) is 9.28. The molecular weight excluding hydrogens is 380 g/mol. The van der Waals surface area contributed by atoms with Gasteiger partial charge >= 0.3 is 5.97 Å². The number of carbonyl (C=O) groups is 2. The fraction of sp³-hybridized carbons (Fsp3) is 0.381. The molecule has 0 unspecified atom stereocenters. The first-order valence-corrected chi connectivity index (χ1v) is 9.66. The van der Waals surface area contributed by atoms with Crippen LogP contribution in [0.4, 0.5) is 0 Å². The van der Waals surface area contributed by atoms with Crippen LogP contribution in [0.1, 0.15) is 35.2 Å². The summed E-state index contributed by atoms with van der Waals surface area (Å²) < 4.78 is 0. The molecule has 1 fully saturated rings. The van der Waals surface area contributed by atoms with E-state index in [1.165, 1.54) is 23.4 Å². The molecule has 1 saturated heterocycles. The lowest BCUT2D eigenvalue weighted by Crippen LogP contribution is -2.57. The van der Waals surface area contributed by atoms with Crippen molar-refractivity contribution in [1.82, 2.24) is 9.88 Å². The van der Waals surface area contributed by atoms with Crippen LogP contribution in [0.15, 0.2) is 48.8 Å². The first kappa shape index (κ1) is 20.3. The smallest absolute Gasteiger partial charge is 0.314 e. The number of hydrogen-bond donors (Lipinski definition) is 2. The Morgan fingerprint density at radius 3 is 2.68 bits per heavy atom. The van der Waals surface area contributed by atoms with Crippen molar-refractivity contribution >= 4 is 23.5 Å². The maximum atomic E-state index is 12.9. The number of likely N-dealkylation sites (tertiary alicyclic amines) is 1. The molecule has 3 rings (SSSR count). The predicted octanol–water partition coefficient (Wildman–Crippen LogP) is 3.04. The van der Waals surface area contributed by atoms with E-state index in [0.29, 0.717) is 12.8 Å². The van der Waals surface area contributed by atoms with E-state index in [1.807, 2.05) is 30.3 Å². The Balaban J connectivity index is 1.76. The van der Waals surface area contributed by atoms with Gasteiger partial charge in [0.2, 0.25) is 0 Å². The number of aliphatic carboxylic acids is 1. The van der Waals surface area contributed by atoms with Crippen LogP contribution in [0.25, 0.3) is 0 Å². The van der Waals surface area contributed by atoms with Gasteiger partial charge in [0.25, 0.3) is 5.91 Å². The molecule has 1 aromatic carbocycles. The van der Waals surface area contributed by atoms with E-state index in [9.17, 15) is 19.8 Å². The number of carboxylic acid groups (broad SMARTS) is 1. The molecule has 2 N–H and O–H groups in total. The Labute approximate surface area is 168 Å². The molecule has 0 bridgehead atoms. The first-order chi connectivity index (χ1) is 13.4. The summed E-state index contributed by atoms with van der Waals surface area (Å²) >= 11 is 6.08. The zero-order valence-corrected chi connectivity index (χ0v) is 16.2. The second-order valence-electron chi connectivity index (χ2n) is 7.19. The number of pyridine rings is 1. The Hall–Kier alpha value is -2.44. The van der Waals surface area contributed by atoms with Crippen molar-refractivity contribution in [2.45, 2.75) is 31.8 Å². The van der Waals surface area contributed by atoms with Crippen molar-refractivity contribution in [3.8, 4) is 0 Å². The van der Waals surface area contributed by atoms with Crippen LogP contribution < -0.4 is 0 Å². The highest BCUT2D eigenvalue weighted by Crippen LogP contribution is 2.37. The minimum atomic E-state index is -1.39. The molecule has 2 aromatic rings. The zero-order valence-electron chi connectivity index (χ0n) is 15.4. The molecule has 1 aliphatic heterocycles. The van der Waals surface area contributed by atoms with E-state index in [0.717, 1.165) is 5.56 Å². The molecule has 0 spiro atoms. The fourth-order valence-electron chi connectivity index (χ4n) is 3.79.